The van der Waals surface area contributed by atoms with E-state index in [2.05, 4.69) is 15.2 Å². The predicted molar refractivity (Wildman–Crippen MR) is 88.7 cm³/mol. The Morgan fingerprint density at radius 1 is 1.36 bits per heavy atom. The van der Waals surface area contributed by atoms with Gasteiger partial charge in [0.1, 0.15) is 0 Å². The molecule has 0 saturated carbocycles. The van der Waals surface area contributed by atoms with Gasteiger partial charge in [-0.2, -0.15) is 0 Å². The Bertz CT molecular complexity index is 650. The smallest absolute Gasteiger partial charge is 0.230 e. The lowest BCUT2D eigenvalue weighted by Crippen LogP contribution is -2.36. The van der Waals surface area contributed by atoms with Gasteiger partial charge in [0.05, 0.1) is 41.7 Å². The van der Waals surface area contributed by atoms with Crippen LogP contribution in [0.4, 0.5) is 11.4 Å². The zero-order valence-electron chi connectivity index (χ0n) is 12.5. The number of aromatic nitrogens is 1. The summed E-state index contributed by atoms with van der Waals surface area (Å²) in [6, 6.07) is 7.90. The Balaban J connectivity index is 1.70. The van der Waals surface area contributed by atoms with Crippen molar-refractivity contribution in [2.45, 2.75) is 13.3 Å². The number of aryl methyl sites for hydroxylation is 1. The molecule has 2 aromatic rings. The fourth-order valence-electron chi connectivity index (χ4n) is 2.51. The summed E-state index contributed by atoms with van der Waals surface area (Å²) in [6.45, 7) is 5.08. The van der Waals surface area contributed by atoms with Crippen LogP contribution in [0.1, 0.15) is 10.7 Å². The Kier molecular flexibility index (Phi) is 4.70. The number of ether oxygens (including phenoxy) is 1. The Labute approximate surface area is 133 Å². The number of benzene rings is 1. The number of amides is 1. The van der Waals surface area contributed by atoms with Gasteiger partial charge in [-0.25, -0.2) is 4.98 Å². The standard InChI is InChI=1S/C16H19N3O2S/c1-12-17-13(11-22-12)10-16(20)18-14-4-2-3-5-15(14)19-6-8-21-9-7-19/h2-5,11H,6-10H2,1H3,(H,18,20). The molecule has 0 bridgehead atoms. The molecular weight excluding hydrogens is 298 g/mol. The lowest BCUT2D eigenvalue weighted by atomic mass is 10.2. The zero-order valence-corrected chi connectivity index (χ0v) is 13.4. The number of para-hydroxylation sites is 2. The van der Waals surface area contributed by atoms with E-state index in [1.807, 2.05) is 36.6 Å². The van der Waals surface area contributed by atoms with Gasteiger partial charge in [-0.15, -0.1) is 11.3 Å². The predicted octanol–water partition coefficient (Wildman–Crippen LogP) is 2.47. The van der Waals surface area contributed by atoms with Crippen molar-refractivity contribution < 1.29 is 9.53 Å². The number of thiazole rings is 1. The molecule has 1 fully saturated rings. The first-order chi connectivity index (χ1) is 10.7. The first-order valence-corrected chi connectivity index (χ1v) is 8.23. The Morgan fingerprint density at radius 2 is 2.14 bits per heavy atom. The number of carbonyl (C=O) groups excluding carboxylic acids is 1. The van der Waals surface area contributed by atoms with Gasteiger partial charge in [0.2, 0.25) is 5.91 Å². The van der Waals surface area contributed by atoms with Crippen LogP contribution in [0.2, 0.25) is 0 Å². The highest BCUT2D eigenvalue weighted by Gasteiger charge is 2.16. The van der Waals surface area contributed by atoms with Gasteiger partial charge >= 0.3 is 0 Å². The van der Waals surface area contributed by atoms with Crippen LogP contribution in [-0.2, 0) is 16.0 Å². The second-order valence-electron chi connectivity index (χ2n) is 5.20. The Hall–Kier alpha value is -1.92. The van der Waals surface area contributed by atoms with Gasteiger partial charge in [0.25, 0.3) is 0 Å². The quantitative estimate of drug-likeness (QED) is 0.941. The molecule has 1 aliphatic heterocycles. The molecule has 3 rings (SSSR count). The van der Waals surface area contributed by atoms with E-state index < -0.39 is 0 Å². The van der Waals surface area contributed by atoms with Gasteiger partial charge in [0, 0.05) is 18.5 Å². The van der Waals surface area contributed by atoms with E-state index in [0.717, 1.165) is 48.4 Å². The van der Waals surface area contributed by atoms with Crippen LogP contribution in [0.15, 0.2) is 29.6 Å². The van der Waals surface area contributed by atoms with E-state index in [4.69, 9.17) is 4.74 Å². The second kappa shape index (κ2) is 6.89. The van der Waals surface area contributed by atoms with E-state index in [9.17, 15) is 4.79 Å². The summed E-state index contributed by atoms with van der Waals surface area (Å²) in [6.07, 6.45) is 0.307. The molecule has 0 atom stereocenters. The lowest BCUT2D eigenvalue weighted by molar-refractivity contribution is -0.115. The maximum Gasteiger partial charge on any atom is 0.230 e. The van der Waals surface area contributed by atoms with Crippen molar-refractivity contribution in [1.29, 1.82) is 0 Å². The summed E-state index contributed by atoms with van der Waals surface area (Å²) < 4.78 is 5.39. The van der Waals surface area contributed by atoms with Crippen LogP contribution in [0, 0.1) is 6.92 Å². The summed E-state index contributed by atoms with van der Waals surface area (Å²) >= 11 is 1.57. The molecule has 6 heteroatoms. The van der Waals surface area contributed by atoms with Crippen molar-refractivity contribution in [2.75, 3.05) is 36.5 Å². The molecule has 1 aromatic heterocycles. The zero-order chi connectivity index (χ0) is 15.4. The molecule has 0 aliphatic carbocycles. The van der Waals surface area contributed by atoms with Crippen molar-refractivity contribution in [3.05, 3.63) is 40.3 Å². The van der Waals surface area contributed by atoms with Crippen LogP contribution >= 0.6 is 11.3 Å². The molecule has 1 aliphatic rings. The number of hydrogen-bond donors (Lipinski definition) is 1. The van der Waals surface area contributed by atoms with Crippen LogP contribution in [-0.4, -0.2) is 37.2 Å². The van der Waals surface area contributed by atoms with Gasteiger partial charge in [-0.3, -0.25) is 4.79 Å². The number of hydrogen-bond acceptors (Lipinski definition) is 5. The second-order valence-corrected chi connectivity index (χ2v) is 6.26. The van der Waals surface area contributed by atoms with Crippen LogP contribution in [0.25, 0.3) is 0 Å². The average molecular weight is 317 g/mol. The molecule has 5 nitrogen and oxygen atoms in total. The van der Waals surface area contributed by atoms with Gasteiger partial charge in [0.15, 0.2) is 0 Å². The normalized spacial score (nSPS) is 14.9. The third kappa shape index (κ3) is 3.64. The molecule has 2 heterocycles. The Morgan fingerprint density at radius 3 is 2.86 bits per heavy atom. The fraction of sp³-hybridized carbons (Fsp3) is 0.375. The van der Waals surface area contributed by atoms with E-state index in [-0.39, 0.29) is 5.91 Å². The molecule has 22 heavy (non-hydrogen) atoms. The largest absolute Gasteiger partial charge is 0.378 e. The molecule has 1 N–H and O–H groups in total. The highest BCUT2D eigenvalue weighted by molar-refractivity contribution is 7.09. The summed E-state index contributed by atoms with van der Waals surface area (Å²) in [5, 5.41) is 5.92. The van der Waals surface area contributed by atoms with Crippen molar-refractivity contribution >= 4 is 28.6 Å². The highest BCUT2D eigenvalue weighted by Crippen LogP contribution is 2.26. The third-order valence-electron chi connectivity index (χ3n) is 3.54. The molecule has 0 radical (unpaired) electrons. The van der Waals surface area contributed by atoms with Gasteiger partial charge < -0.3 is 15.0 Å². The number of nitrogens with zero attached hydrogens (tertiary/aromatic N) is 2. The highest BCUT2D eigenvalue weighted by atomic mass is 32.1. The molecule has 0 unspecified atom stereocenters. The van der Waals surface area contributed by atoms with Gasteiger partial charge in [-0.1, -0.05) is 12.1 Å². The van der Waals surface area contributed by atoms with E-state index in [0.29, 0.717) is 6.42 Å². The first-order valence-electron chi connectivity index (χ1n) is 7.35. The molecule has 116 valence electrons. The average Bonchev–Trinajstić information content (AvgIpc) is 2.93. The first kappa shape index (κ1) is 15.0. The number of anilines is 2. The third-order valence-corrected chi connectivity index (χ3v) is 4.36. The lowest BCUT2D eigenvalue weighted by Gasteiger charge is -2.30. The molecular formula is C16H19N3O2S. The van der Waals surface area contributed by atoms with E-state index >= 15 is 0 Å². The SMILES string of the molecule is Cc1nc(CC(=O)Nc2ccccc2N2CCOCC2)cs1. The summed E-state index contributed by atoms with van der Waals surface area (Å²) in [5.74, 6) is -0.0361. The number of carbonyl (C=O) groups is 1. The van der Waals surface area contributed by atoms with Crippen LogP contribution in [0.5, 0.6) is 0 Å². The monoisotopic (exact) mass is 317 g/mol. The maximum atomic E-state index is 12.2. The summed E-state index contributed by atoms with van der Waals surface area (Å²) in [4.78, 5) is 18.8. The minimum Gasteiger partial charge on any atom is -0.378 e. The molecule has 0 spiro atoms. The van der Waals surface area contributed by atoms with E-state index in [1.54, 1.807) is 11.3 Å². The molecule has 1 aromatic carbocycles. The van der Waals surface area contributed by atoms with Crippen molar-refractivity contribution in [1.82, 2.24) is 4.98 Å². The topological polar surface area (TPSA) is 54.5 Å². The maximum absolute atomic E-state index is 12.2. The fourth-order valence-corrected chi connectivity index (χ4v) is 3.12. The minimum absolute atomic E-state index is 0.0361. The van der Waals surface area contributed by atoms with Crippen LogP contribution in [0.3, 0.4) is 0 Å². The van der Waals surface area contributed by atoms with E-state index in [1.165, 1.54) is 0 Å². The van der Waals surface area contributed by atoms with Gasteiger partial charge in [-0.05, 0) is 19.1 Å². The summed E-state index contributed by atoms with van der Waals surface area (Å²) in [5.41, 5.74) is 2.72. The van der Waals surface area contributed by atoms with Crippen molar-refractivity contribution in [3.8, 4) is 0 Å². The minimum atomic E-state index is -0.0361. The molecule has 1 amide bonds. The summed E-state index contributed by atoms with van der Waals surface area (Å²) in [7, 11) is 0. The van der Waals surface area contributed by atoms with Crippen LogP contribution < -0.4 is 10.2 Å². The van der Waals surface area contributed by atoms with Crippen molar-refractivity contribution in [3.63, 3.8) is 0 Å². The number of nitrogens with one attached hydrogen (secondary N) is 1. The number of morpholine rings is 1. The molecule has 1 saturated heterocycles. The van der Waals surface area contributed by atoms with Crippen molar-refractivity contribution in [2.24, 2.45) is 0 Å². The number of rotatable bonds is 4.